The smallest absolute Gasteiger partial charge is 0.223 e. The van der Waals surface area contributed by atoms with Crippen LogP contribution in [0.4, 0.5) is 0 Å². The van der Waals surface area contributed by atoms with Gasteiger partial charge in [0, 0.05) is 13.0 Å². The SMILES string of the molecule is Cc1cc(C)on1.Cc1nnc(C)s1.Cc1noc(C)n1. The van der Waals surface area contributed by atoms with Crippen LogP contribution in [-0.2, 0) is 0 Å². The van der Waals surface area contributed by atoms with E-state index in [4.69, 9.17) is 4.52 Å². The summed E-state index contributed by atoms with van der Waals surface area (Å²) in [5.41, 5.74) is 0.942. The van der Waals surface area contributed by atoms with Crippen molar-refractivity contribution < 1.29 is 9.05 Å². The van der Waals surface area contributed by atoms with Gasteiger partial charge in [-0.3, -0.25) is 0 Å². The van der Waals surface area contributed by atoms with Crippen molar-refractivity contribution in [2.24, 2.45) is 0 Å². The molecule has 0 bridgehead atoms. The molecule has 0 aromatic carbocycles. The molecule has 0 radical (unpaired) electrons. The molecule has 3 aromatic heterocycles. The van der Waals surface area contributed by atoms with Crippen LogP contribution >= 0.6 is 11.3 Å². The first kappa shape index (κ1) is 17.0. The molecule has 3 heterocycles. The maximum atomic E-state index is 4.71. The van der Waals surface area contributed by atoms with Gasteiger partial charge in [-0.25, -0.2) is 0 Å². The van der Waals surface area contributed by atoms with Gasteiger partial charge in [-0.05, 0) is 34.6 Å². The summed E-state index contributed by atoms with van der Waals surface area (Å²) in [6, 6.07) is 1.89. The van der Waals surface area contributed by atoms with Crippen LogP contribution in [0.15, 0.2) is 15.1 Å². The van der Waals surface area contributed by atoms with E-state index in [9.17, 15) is 0 Å². The molecule has 0 unspecified atom stereocenters. The molecule has 0 N–H and O–H groups in total. The van der Waals surface area contributed by atoms with Crippen molar-refractivity contribution in [3.8, 4) is 0 Å². The molecule has 0 saturated carbocycles. The zero-order chi connectivity index (χ0) is 15.8. The molecule has 3 aromatic rings. The first-order chi connectivity index (χ1) is 9.86. The molecule has 114 valence electrons. The quantitative estimate of drug-likeness (QED) is 0.630. The molecule has 0 fully saturated rings. The normalized spacial score (nSPS) is 9.43. The van der Waals surface area contributed by atoms with Crippen molar-refractivity contribution in [1.29, 1.82) is 0 Å². The Morgan fingerprint density at radius 1 is 0.857 bits per heavy atom. The summed E-state index contributed by atoms with van der Waals surface area (Å²) >= 11 is 1.62. The number of hydrogen-bond donors (Lipinski definition) is 0. The van der Waals surface area contributed by atoms with Gasteiger partial charge in [-0.2, -0.15) is 4.98 Å². The van der Waals surface area contributed by atoms with Gasteiger partial charge in [0.25, 0.3) is 0 Å². The third kappa shape index (κ3) is 7.31. The molecule has 3 rings (SSSR count). The number of hydrogen-bond acceptors (Lipinski definition) is 8. The molecule has 0 saturated heterocycles. The molecular formula is C13H19N5O2S. The fourth-order valence-corrected chi connectivity index (χ4v) is 1.88. The maximum Gasteiger partial charge on any atom is 0.223 e. The summed E-state index contributed by atoms with van der Waals surface area (Å²) in [5.74, 6) is 2.19. The minimum absolute atomic E-state index is 0.623. The average molecular weight is 309 g/mol. The summed E-state index contributed by atoms with van der Waals surface area (Å²) in [7, 11) is 0. The highest BCUT2D eigenvalue weighted by Crippen LogP contribution is 2.03. The Morgan fingerprint density at radius 2 is 1.48 bits per heavy atom. The van der Waals surface area contributed by atoms with Crippen molar-refractivity contribution in [3.05, 3.63) is 39.3 Å². The summed E-state index contributed by atoms with van der Waals surface area (Å²) in [5, 5.41) is 16.8. The molecule has 7 nitrogen and oxygen atoms in total. The molecule has 0 aliphatic carbocycles. The van der Waals surface area contributed by atoms with Crippen LogP contribution in [0.2, 0.25) is 0 Å². The summed E-state index contributed by atoms with van der Waals surface area (Å²) in [6.45, 7) is 11.2. The van der Waals surface area contributed by atoms with E-state index in [0.29, 0.717) is 11.7 Å². The number of rotatable bonds is 0. The molecular weight excluding hydrogens is 290 g/mol. The molecule has 0 aliphatic rings. The lowest BCUT2D eigenvalue weighted by Gasteiger charge is -1.65. The second kappa shape index (κ2) is 8.25. The third-order valence-electron chi connectivity index (χ3n) is 2.00. The highest BCUT2D eigenvalue weighted by molar-refractivity contribution is 7.11. The van der Waals surface area contributed by atoms with Crippen molar-refractivity contribution in [2.45, 2.75) is 41.5 Å². The minimum Gasteiger partial charge on any atom is -0.361 e. The Balaban J connectivity index is 0.000000157. The van der Waals surface area contributed by atoms with E-state index in [2.05, 4.69) is 30.0 Å². The predicted molar refractivity (Wildman–Crippen MR) is 79.1 cm³/mol. The van der Waals surface area contributed by atoms with Gasteiger partial charge >= 0.3 is 0 Å². The molecule has 0 amide bonds. The van der Waals surface area contributed by atoms with Crippen LogP contribution in [-0.4, -0.2) is 25.5 Å². The first-order valence-corrected chi connectivity index (χ1v) is 7.12. The Morgan fingerprint density at radius 3 is 1.62 bits per heavy atom. The van der Waals surface area contributed by atoms with Crippen molar-refractivity contribution in [2.75, 3.05) is 0 Å². The Bertz CT molecular complexity index is 518. The zero-order valence-corrected chi connectivity index (χ0v) is 13.9. The summed E-state index contributed by atoms with van der Waals surface area (Å²) in [6.07, 6.45) is 0. The lowest BCUT2D eigenvalue weighted by atomic mass is 10.4. The molecule has 0 aliphatic heterocycles. The van der Waals surface area contributed by atoms with Crippen molar-refractivity contribution in [1.82, 2.24) is 25.5 Å². The Labute approximate surface area is 127 Å². The maximum absolute atomic E-state index is 4.71. The monoisotopic (exact) mass is 309 g/mol. The van der Waals surface area contributed by atoms with E-state index < -0.39 is 0 Å². The number of aromatic nitrogens is 5. The van der Waals surface area contributed by atoms with Crippen LogP contribution in [0.25, 0.3) is 0 Å². The predicted octanol–water partition coefficient (Wildman–Crippen LogP) is 3.13. The minimum atomic E-state index is 0.623. The fraction of sp³-hybridized carbons (Fsp3) is 0.462. The Kier molecular flexibility index (Phi) is 6.67. The fourth-order valence-electron chi connectivity index (χ4n) is 1.29. The zero-order valence-electron chi connectivity index (χ0n) is 13.0. The first-order valence-electron chi connectivity index (χ1n) is 6.30. The average Bonchev–Trinajstić information content (AvgIpc) is 3.06. The van der Waals surface area contributed by atoms with E-state index in [1.54, 1.807) is 25.2 Å². The molecule has 0 spiro atoms. The van der Waals surface area contributed by atoms with Gasteiger partial charge in [-0.1, -0.05) is 10.3 Å². The lowest BCUT2D eigenvalue weighted by Crippen LogP contribution is -1.70. The van der Waals surface area contributed by atoms with E-state index in [-0.39, 0.29) is 0 Å². The van der Waals surface area contributed by atoms with E-state index in [0.717, 1.165) is 21.5 Å². The second-order valence-electron chi connectivity index (χ2n) is 4.28. The molecule has 0 atom stereocenters. The third-order valence-corrected chi connectivity index (χ3v) is 2.76. The van der Waals surface area contributed by atoms with E-state index >= 15 is 0 Å². The highest BCUT2D eigenvalue weighted by atomic mass is 32.1. The molecule has 21 heavy (non-hydrogen) atoms. The summed E-state index contributed by atoms with van der Waals surface area (Å²) < 4.78 is 9.32. The van der Waals surface area contributed by atoms with Crippen LogP contribution < -0.4 is 0 Å². The number of aryl methyl sites for hydroxylation is 6. The van der Waals surface area contributed by atoms with Crippen LogP contribution in [0, 0.1) is 41.5 Å². The standard InChI is InChI=1S/C5H7NO.C4H6N2O.C4H6N2S/c1-4-3-5(2)7-6-4;1-3-5-4(2)7-6-3;1-3-5-6-4(2)7-3/h3H,1-2H3;2*1-2H3. The van der Waals surface area contributed by atoms with Crippen molar-refractivity contribution >= 4 is 11.3 Å². The van der Waals surface area contributed by atoms with Gasteiger partial charge in [0.1, 0.15) is 15.8 Å². The van der Waals surface area contributed by atoms with Gasteiger partial charge in [0.05, 0.1) is 5.69 Å². The van der Waals surface area contributed by atoms with Gasteiger partial charge in [0.2, 0.25) is 5.89 Å². The highest BCUT2D eigenvalue weighted by Gasteiger charge is 1.90. The molecule has 8 heteroatoms. The summed E-state index contributed by atoms with van der Waals surface area (Å²) in [4.78, 5) is 3.83. The van der Waals surface area contributed by atoms with E-state index in [1.807, 2.05) is 33.8 Å². The van der Waals surface area contributed by atoms with Gasteiger partial charge in [-0.15, -0.1) is 21.5 Å². The van der Waals surface area contributed by atoms with Crippen LogP contribution in [0.1, 0.15) is 33.2 Å². The topological polar surface area (TPSA) is 90.7 Å². The van der Waals surface area contributed by atoms with Crippen molar-refractivity contribution in [3.63, 3.8) is 0 Å². The second-order valence-corrected chi connectivity index (χ2v) is 5.67. The largest absolute Gasteiger partial charge is 0.361 e. The Hall–Kier alpha value is -2.09. The van der Waals surface area contributed by atoms with Gasteiger partial charge in [0.15, 0.2) is 5.82 Å². The lowest BCUT2D eigenvalue weighted by molar-refractivity contribution is 0.389. The van der Waals surface area contributed by atoms with Crippen LogP contribution in [0.3, 0.4) is 0 Å². The number of nitrogens with zero attached hydrogens (tertiary/aromatic N) is 5. The van der Waals surface area contributed by atoms with Crippen LogP contribution in [0.5, 0.6) is 0 Å². The van der Waals surface area contributed by atoms with E-state index in [1.165, 1.54) is 0 Å². The van der Waals surface area contributed by atoms with Gasteiger partial charge < -0.3 is 9.05 Å².